The number of aromatic nitrogens is 4. The fourth-order valence-corrected chi connectivity index (χ4v) is 3.25. The topological polar surface area (TPSA) is 35.6 Å². The molecule has 0 atom stereocenters. The van der Waals surface area contributed by atoms with E-state index >= 15 is 0 Å². The zero-order chi connectivity index (χ0) is 18.0. The van der Waals surface area contributed by atoms with E-state index in [0.29, 0.717) is 12.2 Å². The molecule has 0 aliphatic heterocycles. The molecule has 0 saturated carbocycles. The van der Waals surface area contributed by atoms with E-state index in [2.05, 4.69) is 9.97 Å². The Kier molecular flexibility index (Phi) is 5.10. The highest BCUT2D eigenvalue weighted by molar-refractivity contribution is 8.00. The van der Waals surface area contributed by atoms with E-state index in [0.717, 1.165) is 17.9 Å². The number of imidazole rings is 2. The molecule has 0 spiro atoms. The molecular weight excluding hydrogens is 373 g/mol. The molecule has 2 heterocycles. The highest BCUT2D eigenvalue weighted by atomic mass is 35.5. The van der Waals surface area contributed by atoms with Gasteiger partial charge in [0.15, 0.2) is 0 Å². The lowest BCUT2D eigenvalue weighted by Gasteiger charge is -2.09. The summed E-state index contributed by atoms with van der Waals surface area (Å²) in [6.07, 6.45) is 7.88. The van der Waals surface area contributed by atoms with Gasteiger partial charge in [-0.2, -0.15) is 13.2 Å². The lowest BCUT2D eigenvalue weighted by atomic mass is 10.3. The van der Waals surface area contributed by atoms with Crippen molar-refractivity contribution in [2.24, 2.45) is 0 Å². The van der Waals surface area contributed by atoms with Crippen molar-refractivity contribution in [2.75, 3.05) is 0 Å². The van der Waals surface area contributed by atoms with Gasteiger partial charge in [-0.05, 0) is 30.0 Å². The third-order valence-electron chi connectivity index (χ3n) is 3.53. The predicted octanol–water partition coefficient (Wildman–Crippen LogP) is 4.94. The molecule has 0 amide bonds. The molecule has 0 saturated heterocycles. The fraction of sp³-hybridized carbons (Fsp3) is 0.250. The molecule has 0 aliphatic rings. The summed E-state index contributed by atoms with van der Waals surface area (Å²) >= 11 is 5.76. The van der Waals surface area contributed by atoms with E-state index in [-0.39, 0.29) is 21.7 Å². The Morgan fingerprint density at radius 3 is 2.72 bits per heavy atom. The van der Waals surface area contributed by atoms with Gasteiger partial charge in [-0.1, -0.05) is 18.5 Å². The van der Waals surface area contributed by atoms with Crippen molar-refractivity contribution in [3.05, 3.63) is 59.7 Å². The molecule has 0 unspecified atom stereocenters. The summed E-state index contributed by atoms with van der Waals surface area (Å²) < 4.78 is 41.1. The molecule has 25 heavy (non-hydrogen) atoms. The molecule has 0 radical (unpaired) electrons. The van der Waals surface area contributed by atoms with Crippen LogP contribution in [0, 0.1) is 0 Å². The van der Waals surface area contributed by atoms with Crippen LogP contribution in [0.4, 0.5) is 13.2 Å². The maximum atomic E-state index is 12.5. The van der Waals surface area contributed by atoms with E-state index in [1.807, 2.05) is 23.9 Å². The van der Waals surface area contributed by atoms with E-state index in [1.54, 1.807) is 23.2 Å². The lowest BCUT2D eigenvalue weighted by molar-refractivity contribution is -0.0328. The van der Waals surface area contributed by atoms with Gasteiger partial charge in [0.1, 0.15) is 5.82 Å². The molecule has 0 aliphatic carbocycles. The summed E-state index contributed by atoms with van der Waals surface area (Å²) in [5, 5.41) is 0.0537. The van der Waals surface area contributed by atoms with Crippen molar-refractivity contribution in [1.29, 1.82) is 0 Å². The number of aryl methyl sites for hydroxylation is 1. The van der Waals surface area contributed by atoms with Gasteiger partial charge in [0, 0.05) is 35.6 Å². The average molecular weight is 387 g/mol. The van der Waals surface area contributed by atoms with Crippen molar-refractivity contribution < 1.29 is 13.2 Å². The summed E-state index contributed by atoms with van der Waals surface area (Å²) in [4.78, 5) is 8.58. The zero-order valence-electron chi connectivity index (χ0n) is 13.2. The Balaban J connectivity index is 1.79. The number of rotatable bonds is 5. The minimum Gasteiger partial charge on any atom is -0.329 e. The molecule has 1 aromatic carbocycles. The van der Waals surface area contributed by atoms with E-state index < -0.39 is 5.51 Å². The quantitative estimate of drug-likeness (QED) is 0.582. The molecule has 2 aromatic heterocycles. The van der Waals surface area contributed by atoms with Crippen molar-refractivity contribution in [2.45, 2.75) is 30.3 Å². The molecule has 132 valence electrons. The van der Waals surface area contributed by atoms with Crippen LogP contribution in [-0.2, 0) is 13.0 Å². The number of halogens is 4. The van der Waals surface area contributed by atoms with Crippen molar-refractivity contribution >= 4 is 23.4 Å². The van der Waals surface area contributed by atoms with E-state index in [9.17, 15) is 13.2 Å². The average Bonchev–Trinajstić information content (AvgIpc) is 3.17. The number of alkyl halides is 3. The second-order valence-corrected chi connectivity index (χ2v) is 6.77. The van der Waals surface area contributed by atoms with Gasteiger partial charge in [-0.3, -0.25) is 0 Å². The van der Waals surface area contributed by atoms with Crippen LogP contribution in [-0.4, -0.2) is 24.6 Å². The van der Waals surface area contributed by atoms with Gasteiger partial charge in [0.2, 0.25) is 0 Å². The number of benzene rings is 1. The molecule has 0 N–H and O–H groups in total. The zero-order valence-corrected chi connectivity index (χ0v) is 14.7. The van der Waals surface area contributed by atoms with Gasteiger partial charge in [-0.15, -0.1) is 0 Å². The maximum absolute atomic E-state index is 12.5. The maximum Gasteiger partial charge on any atom is 0.446 e. The van der Waals surface area contributed by atoms with Crippen LogP contribution in [0.15, 0.2) is 48.0 Å². The molecular formula is C16H14ClF3N4S. The SMILES string of the molecule is CCc1nccn1Cc1cn(-c2ccc(SC(F)(F)F)c(Cl)c2)cn1. The Bertz CT molecular complexity index is 872. The van der Waals surface area contributed by atoms with Crippen molar-refractivity contribution in [3.63, 3.8) is 0 Å². The molecule has 4 nitrogen and oxygen atoms in total. The lowest BCUT2D eigenvalue weighted by Crippen LogP contribution is -2.03. The van der Waals surface area contributed by atoms with Gasteiger partial charge in [0.25, 0.3) is 0 Å². The van der Waals surface area contributed by atoms with Crippen molar-refractivity contribution in [3.8, 4) is 5.69 Å². The molecule has 0 fully saturated rings. The summed E-state index contributed by atoms with van der Waals surface area (Å²) in [5.74, 6) is 0.964. The van der Waals surface area contributed by atoms with Gasteiger partial charge >= 0.3 is 5.51 Å². The third kappa shape index (κ3) is 4.38. The van der Waals surface area contributed by atoms with E-state index in [1.165, 1.54) is 12.1 Å². The monoisotopic (exact) mass is 386 g/mol. The largest absolute Gasteiger partial charge is 0.446 e. The highest BCUT2D eigenvalue weighted by Gasteiger charge is 2.30. The predicted molar refractivity (Wildman–Crippen MR) is 91.2 cm³/mol. The van der Waals surface area contributed by atoms with Crippen LogP contribution in [0.1, 0.15) is 18.4 Å². The van der Waals surface area contributed by atoms with Crippen molar-refractivity contribution in [1.82, 2.24) is 19.1 Å². The smallest absolute Gasteiger partial charge is 0.329 e. The van der Waals surface area contributed by atoms with Gasteiger partial charge in [0.05, 0.1) is 23.6 Å². The molecule has 3 rings (SSSR count). The van der Waals surface area contributed by atoms with Gasteiger partial charge < -0.3 is 9.13 Å². The van der Waals surface area contributed by atoms with Crippen LogP contribution < -0.4 is 0 Å². The second kappa shape index (κ2) is 7.13. The summed E-state index contributed by atoms with van der Waals surface area (Å²) in [7, 11) is 0. The Morgan fingerprint density at radius 1 is 1.24 bits per heavy atom. The number of hydrogen-bond acceptors (Lipinski definition) is 3. The van der Waals surface area contributed by atoms with Crippen LogP contribution in [0.3, 0.4) is 0 Å². The second-order valence-electron chi connectivity index (χ2n) is 5.26. The number of hydrogen-bond donors (Lipinski definition) is 0. The standard InChI is InChI=1S/C16H14ClF3N4S/c1-2-15-21-5-6-23(15)8-11-9-24(10-22-11)12-3-4-14(13(17)7-12)25-16(18,19)20/h3-7,9-10H,2,8H2,1H3. The van der Waals surface area contributed by atoms with Crippen LogP contribution in [0.5, 0.6) is 0 Å². The first-order valence-electron chi connectivity index (χ1n) is 7.44. The van der Waals surface area contributed by atoms with E-state index in [4.69, 9.17) is 11.6 Å². The molecule has 3 aromatic rings. The molecule has 0 bridgehead atoms. The summed E-state index contributed by atoms with van der Waals surface area (Å²) in [6, 6.07) is 4.44. The first-order chi connectivity index (χ1) is 11.9. The number of nitrogens with zero attached hydrogens (tertiary/aromatic N) is 4. The minimum absolute atomic E-state index is 0.0238. The first kappa shape index (κ1) is 17.9. The fourth-order valence-electron chi connectivity index (χ4n) is 2.42. The van der Waals surface area contributed by atoms with Crippen LogP contribution in [0.2, 0.25) is 5.02 Å². The number of thioether (sulfide) groups is 1. The Morgan fingerprint density at radius 2 is 2.04 bits per heavy atom. The Hall–Kier alpha value is -1.93. The minimum atomic E-state index is -4.37. The van der Waals surface area contributed by atoms with Gasteiger partial charge in [-0.25, -0.2) is 9.97 Å². The first-order valence-corrected chi connectivity index (χ1v) is 8.63. The Labute approximate surface area is 151 Å². The van der Waals surface area contributed by atoms with Crippen LogP contribution in [0.25, 0.3) is 5.69 Å². The summed E-state index contributed by atoms with van der Waals surface area (Å²) in [6.45, 7) is 2.60. The summed E-state index contributed by atoms with van der Waals surface area (Å²) in [5.41, 5.74) is -2.90. The van der Waals surface area contributed by atoms with Crippen LogP contribution >= 0.6 is 23.4 Å². The highest BCUT2D eigenvalue weighted by Crippen LogP contribution is 2.40. The third-order valence-corrected chi connectivity index (χ3v) is 4.76. The normalized spacial score (nSPS) is 11.9. The molecule has 9 heteroatoms.